The lowest BCUT2D eigenvalue weighted by atomic mass is 10.0. The van der Waals surface area contributed by atoms with Gasteiger partial charge in [0.25, 0.3) is 0 Å². The molecule has 0 aliphatic heterocycles. The molecule has 1 aliphatic rings. The Hall–Kier alpha value is -4.13. The highest BCUT2D eigenvalue weighted by molar-refractivity contribution is 5.91. The highest BCUT2D eigenvalue weighted by Crippen LogP contribution is 2.59. The van der Waals surface area contributed by atoms with Crippen LogP contribution in [0.15, 0.2) is 53.7 Å². The third-order valence-corrected chi connectivity index (χ3v) is 7.05. The summed E-state index contributed by atoms with van der Waals surface area (Å²) < 4.78 is 61.3. The fourth-order valence-electron chi connectivity index (χ4n) is 4.21. The molecule has 0 saturated heterocycles. The van der Waals surface area contributed by atoms with E-state index in [0.717, 1.165) is 11.8 Å². The van der Waals surface area contributed by atoms with E-state index in [9.17, 15) is 27.5 Å². The van der Waals surface area contributed by atoms with Crippen molar-refractivity contribution in [2.45, 2.75) is 56.7 Å². The molecule has 0 unspecified atom stereocenters. The predicted molar refractivity (Wildman–Crippen MR) is 135 cm³/mol. The maximum atomic E-state index is 14.8. The first-order valence-corrected chi connectivity index (χ1v) is 12.5. The molecule has 40 heavy (non-hydrogen) atoms. The zero-order valence-corrected chi connectivity index (χ0v) is 21.7. The molecule has 3 aromatic heterocycles. The first kappa shape index (κ1) is 27.4. The van der Waals surface area contributed by atoms with Gasteiger partial charge in [0.15, 0.2) is 11.6 Å². The van der Waals surface area contributed by atoms with E-state index in [0.29, 0.717) is 23.4 Å². The minimum Gasteiger partial charge on any atom is -0.394 e. The Kier molecular flexibility index (Phi) is 6.94. The SMILES string of the molecule is CC(C)(CO)n1cnc(Cc2ncc(-c3ccc(CC(=O)Nc4cc(C5(C(F)(F)F)CC5)on4)c(F)c3)cn2)c1. The summed E-state index contributed by atoms with van der Waals surface area (Å²) in [6.07, 6.45) is 1.96. The highest BCUT2D eigenvalue weighted by Gasteiger charge is 2.66. The minimum absolute atomic E-state index is 0.0393. The van der Waals surface area contributed by atoms with Gasteiger partial charge in [0.2, 0.25) is 5.91 Å². The third kappa shape index (κ3) is 5.46. The standard InChI is InChI=1S/C27H26F4N6O3/c1-25(2,14-38)37-13-19(34-15-37)9-22-32-11-18(12-33-22)16-3-4-17(20(28)7-16)8-24(39)35-23-10-21(40-36-23)26(5-6-26)27(29,30)31/h3-4,7,10-13,15,38H,5-6,8-9,14H2,1-2H3,(H,35,36,39). The molecule has 0 spiro atoms. The van der Waals surface area contributed by atoms with E-state index in [2.05, 4.69) is 25.4 Å². The van der Waals surface area contributed by atoms with Gasteiger partial charge in [-0.05, 0) is 43.9 Å². The molecule has 5 rings (SSSR count). The summed E-state index contributed by atoms with van der Waals surface area (Å²) in [5, 5.41) is 15.4. The second-order valence-corrected chi connectivity index (χ2v) is 10.5. The summed E-state index contributed by atoms with van der Waals surface area (Å²) in [4.78, 5) is 25.4. The minimum atomic E-state index is -4.47. The van der Waals surface area contributed by atoms with Crippen molar-refractivity contribution in [1.29, 1.82) is 0 Å². The van der Waals surface area contributed by atoms with E-state index in [4.69, 9.17) is 4.52 Å². The lowest BCUT2D eigenvalue weighted by molar-refractivity contribution is -0.165. The normalized spacial score (nSPS) is 14.8. The largest absolute Gasteiger partial charge is 0.401 e. The second-order valence-electron chi connectivity index (χ2n) is 10.5. The maximum Gasteiger partial charge on any atom is 0.401 e. The number of carbonyl (C=O) groups is 1. The summed E-state index contributed by atoms with van der Waals surface area (Å²) in [7, 11) is 0. The van der Waals surface area contributed by atoms with E-state index in [1.807, 2.05) is 24.6 Å². The van der Waals surface area contributed by atoms with Crippen LogP contribution in [0.1, 0.15) is 49.5 Å². The van der Waals surface area contributed by atoms with Crippen LogP contribution >= 0.6 is 0 Å². The van der Waals surface area contributed by atoms with Gasteiger partial charge in [0, 0.05) is 30.2 Å². The lowest BCUT2D eigenvalue weighted by Gasteiger charge is -2.23. The number of carbonyl (C=O) groups excluding carboxylic acids is 1. The summed E-state index contributed by atoms with van der Waals surface area (Å²) in [6, 6.07) is 5.39. The first-order valence-electron chi connectivity index (χ1n) is 12.5. The molecule has 0 atom stereocenters. The topological polar surface area (TPSA) is 119 Å². The van der Waals surface area contributed by atoms with E-state index < -0.39 is 28.9 Å². The van der Waals surface area contributed by atoms with Crippen LogP contribution in [-0.4, -0.2) is 48.5 Å². The van der Waals surface area contributed by atoms with E-state index in [1.165, 1.54) is 12.1 Å². The van der Waals surface area contributed by atoms with E-state index in [1.54, 1.807) is 24.8 Å². The van der Waals surface area contributed by atoms with Gasteiger partial charge in [-0.25, -0.2) is 19.3 Å². The van der Waals surface area contributed by atoms with Gasteiger partial charge in [-0.2, -0.15) is 13.2 Å². The van der Waals surface area contributed by atoms with Crippen LogP contribution in [0.2, 0.25) is 0 Å². The van der Waals surface area contributed by atoms with Gasteiger partial charge in [-0.1, -0.05) is 17.3 Å². The lowest BCUT2D eigenvalue weighted by Crippen LogP contribution is -2.29. The van der Waals surface area contributed by atoms with Crippen molar-refractivity contribution >= 4 is 11.7 Å². The van der Waals surface area contributed by atoms with Crippen LogP contribution in [0, 0.1) is 5.82 Å². The van der Waals surface area contributed by atoms with Crippen LogP contribution in [0.4, 0.5) is 23.4 Å². The molecule has 1 saturated carbocycles. The number of rotatable bonds is 9. The number of hydrogen-bond acceptors (Lipinski definition) is 7. The number of imidazole rings is 1. The molecule has 0 bridgehead atoms. The zero-order valence-electron chi connectivity index (χ0n) is 21.7. The molecular weight excluding hydrogens is 532 g/mol. The number of amides is 1. The fraction of sp³-hybridized carbons (Fsp3) is 0.370. The van der Waals surface area contributed by atoms with Gasteiger partial charge < -0.3 is 19.5 Å². The van der Waals surface area contributed by atoms with Gasteiger partial charge in [-0.15, -0.1) is 0 Å². The maximum absolute atomic E-state index is 14.8. The van der Waals surface area contributed by atoms with Crippen molar-refractivity contribution in [2.75, 3.05) is 11.9 Å². The summed E-state index contributed by atoms with van der Waals surface area (Å²) >= 11 is 0. The van der Waals surface area contributed by atoms with Crippen molar-refractivity contribution in [2.24, 2.45) is 0 Å². The molecule has 2 N–H and O–H groups in total. The number of anilines is 1. The summed E-state index contributed by atoms with van der Waals surface area (Å²) in [5.41, 5.74) is -0.629. The number of aliphatic hydroxyl groups is 1. The summed E-state index contributed by atoms with van der Waals surface area (Å²) in [5.74, 6) is -1.28. The molecule has 9 nitrogen and oxygen atoms in total. The molecular formula is C27H26F4N6O3. The Morgan fingerprint density at radius 1 is 1.12 bits per heavy atom. The molecule has 1 aromatic carbocycles. The monoisotopic (exact) mass is 558 g/mol. The van der Waals surface area contributed by atoms with Crippen molar-refractivity contribution < 1.29 is 32.0 Å². The Bertz CT molecular complexity index is 1520. The highest BCUT2D eigenvalue weighted by atomic mass is 19.4. The van der Waals surface area contributed by atoms with E-state index in [-0.39, 0.29) is 43.0 Å². The van der Waals surface area contributed by atoms with Gasteiger partial charge in [0.1, 0.15) is 17.1 Å². The zero-order chi connectivity index (χ0) is 28.7. The number of benzene rings is 1. The number of nitrogens with zero attached hydrogens (tertiary/aromatic N) is 5. The molecule has 1 amide bonds. The molecule has 4 aromatic rings. The van der Waals surface area contributed by atoms with Crippen molar-refractivity contribution in [1.82, 2.24) is 24.7 Å². The third-order valence-electron chi connectivity index (χ3n) is 7.05. The van der Waals surface area contributed by atoms with Crippen LogP contribution in [0.3, 0.4) is 0 Å². The number of halogens is 4. The van der Waals surface area contributed by atoms with Crippen molar-refractivity contribution in [3.05, 3.63) is 77.8 Å². The number of nitrogens with one attached hydrogen (secondary N) is 1. The molecule has 1 fully saturated rings. The number of aromatic nitrogens is 5. The van der Waals surface area contributed by atoms with Crippen LogP contribution in [0.25, 0.3) is 11.1 Å². The smallest absolute Gasteiger partial charge is 0.394 e. The first-order chi connectivity index (χ1) is 18.9. The second kappa shape index (κ2) is 10.1. The molecule has 1 aliphatic carbocycles. The number of aliphatic hydroxyl groups excluding tert-OH is 1. The van der Waals surface area contributed by atoms with Crippen LogP contribution in [0.5, 0.6) is 0 Å². The number of hydrogen-bond donors (Lipinski definition) is 2. The fourth-order valence-corrected chi connectivity index (χ4v) is 4.21. The van der Waals surface area contributed by atoms with Crippen molar-refractivity contribution in [3.63, 3.8) is 0 Å². The van der Waals surface area contributed by atoms with Crippen LogP contribution < -0.4 is 5.32 Å². The Balaban J connectivity index is 1.20. The predicted octanol–water partition coefficient (Wildman–Crippen LogP) is 4.56. The average molecular weight is 559 g/mol. The molecule has 210 valence electrons. The van der Waals surface area contributed by atoms with Gasteiger partial charge in [-0.3, -0.25) is 4.79 Å². The molecule has 13 heteroatoms. The number of alkyl halides is 3. The van der Waals surface area contributed by atoms with Gasteiger partial charge >= 0.3 is 6.18 Å². The molecule has 0 radical (unpaired) electrons. The Labute approximate surface area is 226 Å². The van der Waals surface area contributed by atoms with Crippen LogP contribution in [-0.2, 0) is 28.6 Å². The van der Waals surface area contributed by atoms with Crippen molar-refractivity contribution in [3.8, 4) is 11.1 Å². The molecule has 3 heterocycles. The summed E-state index contributed by atoms with van der Waals surface area (Å²) in [6.45, 7) is 3.73. The Morgan fingerprint density at radius 2 is 1.85 bits per heavy atom. The quantitative estimate of drug-likeness (QED) is 0.289. The van der Waals surface area contributed by atoms with Gasteiger partial charge in [0.05, 0.1) is 37.0 Å². The van der Waals surface area contributed by atoms with E-state index >= 15 is 0 Å². The average Bonchev–Trinajstić information content (AvgIpc) is 3.38. The Morgan fingerprint density at radius 3 is 2.48 bits per heavy atom.